The fourth-order valence-corrected chi connectivity index (χ4v) is 4.29. The van der Waals surface area contributed by atoms with Crippen molar-refractivity contribution in [2.75, 3.05) is 13.1 Å². The van der Waals surface area contributed by atoms with E-state index < -0.39 is 0 Å². The van der Waals surface area contributed by atoms with Gasteiger partial charge in [-0.05, 0) is 43.7 Å². The first-order valence-electron chi connectivity index (χ1n) is 10.6. The number of hydrogen-bond donors (Lipinski definition) is 1. The van der Waals surface area contributed by atoms with E-state index in [1.165, 1.54) is 0 Å². The van der Waals surface area contributed by atoms with E-state index in [0.29, 0.717) is 13.1 Å². The van der Waals surface area contributed by atoms with Crippen LogP contribution >= 0.6 is 0 Å². The van der Waals surface area contributed by atoms with Gasteiger partial charge in [0.05, 0.1) is 35.9 Å². The maximum atomic E-state index is 12.7. The second-order valence-corrected chi connectivity index (χ2v) is 7.87. The number of rotatable bonds is 6. The number of aromatic nitrogens is 5. The molecular weight excluding hydrogens is 390 g/mol. The third-order valence-electron chi connectivity index (χ3n) is 5.90. The average Bonchev–Trinajstić information content (AvgIpc) is 3.54. The molecule has 0 aliphatic carbocycles. The minimum atomic E-state index is 0.00437. The standard InChI is InChI=1S/C23H25N7O/c1-28-19-8-3-2-6-17(19)27-22(28)14-25-23(31)15-29-12-5-9-20(29)18-7-4-10-21(26-18)30-13-11-24-16-30/h2-4,6-8,10-11,13,16,20H,5,9,12,14-15H2,1H3,(H,25,31). The summed E-state index contributed by atoms with van der Waals surface area (Å²) >= 11 is 0. The van der Waals surface area contributed by atoms with Gasteiger partial charge in [-0.1, -0.05) is 18.2 Å². The largest absolute Gasteiger partial charge is 0.348 e. The van der Waals surface area contributed by atoms with Gasteiger partial charge in [-0.25, -0.2) is 15.0 Å². The van der Waals surface area contributed by atoms with Crippen LogP contribution in [-0.4, -0.2) is 48.0 Å². The van der Waals surface area contributed by atoms with E-state index >= 15 is 0 Å². The van der Waals surface area contributed by atoms with E-state index in [-0.39, 0.29) is 11.9 Å². The number of imidazole rings is 2. The molecule has 1 aliphatic rings. The quantitative estimate of drug-likeness (QED) is 0.524. The molecule has 4 heterocycles. The van der Waals surface area contributed by atoms with Gasteiger partial charge in [-0.15, -0.1) is 0 Å². The summed E-state index contributed by atoms with van der Waals surface area (Å²) in [5.41, 5.74) is 3.00. The van der Waals surface area contributed by atoms with Crippen molar-refractivity contribution in [3.8, 4) is 5.82 Å². The molecular formula is C23H25N7O. The Labute approximate surface area is 180 Å². The highest BCUT2D eigenvalue weighted by molar-refractivity contribution is 5.78. The van der Waals surface area contributed by atoms with Gasteiger partial charge < -0.3 is 9.88 Å². The summed E-state index contributed by atoms with van der Waals surface area (Å²) in [6.07, 6.45) is 7.42. The smallest absolute Gasteiger partial charge is 0.234 e. The van der Waals surface area contributed by atoms with Crippen molar-refractivity contribution in [2.45, 2.75) is 25.4 Å². The Bertz CT molecular complexity index is 1200. The molecule has 1 atom stereocenters. The lowest BCUT2D eigenvalue weighted by Crippen LogP contribution is -2.37. The van der Waals surface area contributed by atoms with E-state index in [4.69, 9.17) is 4.98 Å². The first kappa shape index (κ1) is 19.4. The van der Waals surface area contributed by atoms with Gasteiger partial charge in [0.1, 0.15) is 18.0 Å². The topological polar surface area (TPSA) is 80.9 Å². The zero-order valence-electron chi connectivity index (χ0n) is 17.5. The molecule has 8 heteroatoms. The van der Waals surface area contributed by atoms with Crippen LogP contribution in [-0.2, 0) is 18.4 Å². The van der Waals surface area contributed by atoms with Crippen LogP contribution in [0.2, 0.25) is 0 Å². The number of nitrogens with zero attached hydrogens (tertiary/aromatic N) is 6. The lowest BCUT2D eigenvalue weighted by atomic mass is 10.1. The van der Waals surface area contributed by atoms with Crippen LogP contribution in [0.15, 0.2) is 61.2 Å². The lowest BCUT2D eigenvalue weighted by Gasteiger charge is -2.23. The van der Waals surface area contributed by atoms with Gasteiger partial charge in [-0.2, -0.15) is 0 Å². The molecule has 1 unspecified atom stereocenters. The van der Waals surface area contributed by atoms with Crippen LogP contribution in [0.5, 0.6) is 0 Å². The van der Waals surface area contributed by atoms with Gasteiger partial charge in [0, 0.05) is 19.4 Å². The number of para-hydroxylation sites is 2. The van der Waals surface area contributed by atoms with Crippen molar-refractivity contribution in [2.24, 2.45) is 7.05 Å². The second-order valence-electron chi connectivity index (χ2n) is 7.87. The first-order chi connectivity index (χ1) is 15.2. The van der Waals surface area contributed by atoms with Crippen LogP contribution in [0, 0.1) is 0 Å². The molecule has 0 bridgehead atoms. The van der Waals surface area contributed by atoms with Gasteiger partial charge in [0.25, 0.3) is 0 Å². The Balaban J connectivity index is 1.24. The van der Waals surface area contributed by atoms with Crippen molar-refractivity contribution in [1.29, 1.82) is 0 Å². The molecule has 8 nitrogen and oxygen atoms in total. The third kappa shape index (κ3) is 3.94. The van der Waals surface area contributed by atoms with Gasteiger partial charge in [0.2, 0.25) is 5.91 Å². The van der Waals surface area contributed by atoms with E-state index in [9.17, 15) is 4.79 Å². The van der Waals surface area contributed by atoms with E-state index in [0.717, 1.165) is 47.8 Å². The molecule has 158 valence electrons. The molecule has 1 N–H and O–H groups in total. The Hall–Kier alpha value is -3.52. The number of benzene rings is 1. The minimum absolute atomic E-state index is 0.00437. The van der Waals surface area contributed by atoms with Gasteiger partial charge in [-0.3, -0.25) is 14.3 Å². The van der Waals surface area contributed by atoms with Crippen molar-refractivity contribution in [3.63, 3.8) is 0 Å². The molecule has 0 saturated carbocycles. The van der Waals surface area contributed by atoms with E-state index in [1.54, 1.807) is 12.5 Å². The zero-order valence-corrected chi connectivity index (χ0v) is 17.5. The SMILES string of the molecule is Cn1c(CNC(=O)CN2CCCC2c2cccc(-n3ccnc3)n2)nc2ccccc21. The average molecular weight is 416 g/mol. The van der Waals surface area contributed by atoms with Crippen molar-refractivity contribution < 1.29 is 4.79 Å². The van der Waals surface area contributed by atoms with Crippen molar-refractivity contribution >= 4 is 16.9 Å². The van der Waals surface area contributed by atoms with Gasteiger partial charge >= 0.3 is 0 Å². The number of fused-ring (bicyclic) bond motifs is 1. The zero-order chi connectivity index (χ0) is 21.2. The highest BCUT2D eigenvalue weighted by Crippen LogP contribution is 2.30. The van der Waals surface area contributed by atoms with Crippen molar-refractivity contribution in [3.05, 3.63) is 72.7 Å². The number of hydrogen-bond acceptors (Lipinski definition) is 5. The number of aryl methyl sites for hydroxylation is 1. The molecule has 1 saturated heterocycles. The van der Waals surface area contributed by atoms with Crippen LogP contribution in [0.1, 0.15) is 30.4 Å². The molecule has 1 aliphatic heterocycles. The molecule has 31 heavy (non-hydrogen) atoms. The summed E-state index contributed by atoms with van der Waals surface area (Å²) in [7, 11) is 1.98. The fraction of sp³-hybridized carbons (Fsp3) is 0.304. The summed E-state index contributed by atoms with van der Waals surface area (Å²) in [5.74, 6) is 1.69. The maximum absolute atomic E-state index is 12.7. The lowest BCUT2D eigenvalue weighted by molar-refractivity contribution is -0.122. The molecule has 3 aromatic heterocycles. The summed E-state index contributed by atoms with van der Waals surface area (Å²) < 4.78 is 3.92. The molecule has 0 radical (unpaired) electrons. The molecule has 1 fully saturated rings. The minimum Gasteiger partial charge on any atom is -0.348 e. The highest BCUT2D eigenvalue weighted by atomic mass is 16.2. The van der Waals surface area contributed by atoms with Crippen LogP contribution < -0.4 is 5.32 Å². The number of carbonyl (C=O) groups excluding carboxylic acids is 1. The number of amides is 1. The number of pyridine rings is 1. The van der Waals surface area contributed by atoms with Gasteiger partial charge in [0.15, 0.2) is 0 Å². The molecule has 1 amide bonds. The molecule has 1 aromatic carbocycles. The van der Waals surface area contributed by atoms with Crippen LogP contribution in [0.3, 0.4) is 0 Å². The fourth-order valence-electron chi connectivity index (χ4n) is 4.29. The molecule has 5 rings (SSSR count). The summed E-state index contributed by atoms with van der Waals surface area (Å²) in [6.45, 7) is 1.66. The monoisotopic (exact) mass is 415 g/mol. The normalized spacial score (nSPS) is 16.7. The summed E-state index contributed by atoms with van der Waals surface area (Å²) in [5, 5.41) is 3.04. The van der Waals surface area contributed by atoms with Crippen molar-refractivity contribution in [1.82, 2.24) is 34.3 Å². The number of likely N-dealkylation sites (tertiary alicyclic amines) is 1. The Morgan fingerprint density at radius 2 is 2.06 bits per heavy atom. The number of nitrogens with one attached hydrogen (secondary N) is 1. The highest BCUT2D eigenvalue weighted by Gasteiger charge is 2.28. The Kier molecular flexibility index (Phi) is 5.21. The predicted octanol–water partition coefficient (Wildman–Crippen LogP) is 2.61. The Morgan fingerprint density at radius 3 is 2.90 bits per heavy atom. The first-order valence-corrected chi connectivity index (χ1v) is 10.6. The number of carbonyl (C=O) groups is 1. The van der Waals surface area contributed by atoms with Crippen LogP contribution in [0.4, 0.5) is 0 Å². The maximum Gasteiger partial charge on any atom is 0.234 e. The second kappa shape index (κ2) is 8.31. The molecule has 4 aromatic rings. The third-order valence-corrected chi connectivity index (χ3v) is 5.90. The summed E-state index contributed by atoms with van der Waals surface area (Å²) in [6, 6.07) is 14.2. The molecule has 0 spiro atoms. The Morgan fingerprint density at radius 1 is 1.16 bits per heavy atom. The van der Waals surface area contributed by atoms with E-state index in [2.05, 4.69) is 20.2 Å². The predicted molar refractivity (Wildman–Crippen MR) is 117 cm³/mol. The summed E-state index contributed by atoms with van der Waals surface area (Å²) in [4.78, 5) is 28.5. The van der Waals surface area contributed by atoms with E-state index in [1.807, 2.05) is 64.8 Å². The van der Waals surface area contributed by atoms with Crippen LogP contribution in [0.25, 0.3) is 16.9 Å².